The molecule has 0 spiro atoms. The maximum absolute atomic E-state index is 10.1. The topological polar surface area (TPSA) is 171 Å². The van der Waals surface area contributed by atoms with Crippen molar-refractivity contribution in [2.24, 2.45) is 5.10 Å². The van der Waals surface area contributed by atoms with Crippen LogP contribution in [0.5, 0.6) is 5.75 Å². The van der Waals surface area contributed by atoms with E-state index in [9.17, 15) is 20.4 Å². The van der Waals surface area contributed by atoms with Crippen LogP contribution >= 0.6 is 0 Å². The van der Waals surface area contributed by atoms with Crippen LogP contribution in [0, 0.1) is 12.3 Å². The van der Waals surface area contributed by atoms with Crippen molar-refractivity contribution in [1.82, 2.24) is 19.4 Å². The summed E-state index contributed by atoms with van der Waals surface area (Å²) in [7, 11) is 0. The average Bonchev–Trinajstić information content (AvgIpc) is 3.26. The Hall–Kier alpha value is -3.94. The first kappa shape index (κ1) is 24.7. The standard InChI is InChI=1S/C25H26N6O6/c1-14-19-23(26)30(13-27-24(19)31(29-14)16-5-3-2-4-6-16)28-11-15-7-9-17(10-8-15)36-25-22(35)21(34)20(33)18(12-32)37-25/h2-11,13,18,20-22,25-26,32-35H,12H2,1H3/b26-23?,28-11-. The van der Waals surface area contributed by atoms with Crippen molar-refractivity contribution >= 4 is 17.2 Å². The fourth-order valence-electron chi connectivity index (χ4n) is 4.09. The third-order valence-electron chi connectivity index (χ3n) is 6.10. The van der Waals surface area contributed by atoms with E-state index in [2.05, 4.69) is 15.2 Å². The van der Waals surface area contributed by atoms with E-state index in [1.807, 2.05) is 37.3 Å². The zero-order chi connectivity index (χ0) is 26.1. The summed E-state index contributed by atoms with van der Waals surface area (Å²) in [5, 5.41) is 57.4. The Labute approximate surface area is 210 Å². The second-order valence-electron chi connectivity index (χ2n) is 8.60. The third kappa shape index (κ3) is 4.75. The van der Waals surface area contributed by atoms with Gasteiger partial charge >= 0.3 is 0 Å². The van der Waals surface area contributed by atoms with Crippen LogP contribution < -0.4 is 10.2 Å². The molecular weight excluding hydrogens is 480 g/mol. The quantitative estimate of drug-likeness (QED) is 0.229. The Balaban J connectivity index is 1.33. The summed E-state index contributed by atoms with van der Waals surface area (Å²) in [6.07, 6.45) is -3.79. The smallest absolute Gasteiger partial charge is 0.229 e. The molecule has 2 aromatic heterocycles. The normalized spacial score (nSPS) is 24.1. The third-order valence-corrected chi connectivity index (χ3v) is 6.10. The number of ether oxygens (including phenoxy) is 2. The maximum Gasteiger partial charge on any atom is 0.229 e. The molecule has 5 unspecified atom stereocenters. The largest absolute Gasteiger partial charge is 0.462 e. The van der Waals surface area contributed by atoms with Gasteiger partial charge in [-0.15, -0.1) is 0 Å². The minimum Gasteiger partial charge on any atom is -0.462 e. The van der Waals surface area contributed by atoms with Crippen molar-refractivity contribution in [3.8, 4) is 11.4 Å². The molecule has 0 saturated carbocycles. The summed E-state index contributed by atoms with van der Waals surface area (Å²) >= 11 is 0. The number of hydrogen-bond acceptors (Lipinski definition) is 10. The summed E-state index contributed by atoms with van der Waals surface area (Å²) in [6, 6.07) is 16.2. The van der Waals surface area contributed by atoms with E-state index in [0.29, 0.717) is 28.0 Å². The lowest BCUT2D eigenvalue weighted by atomic mass is 9.99. The number of benzene rings is 2. The highest BCUT2D eigenvalue weighted by Crippen LogP contribution is 2.24. The lowest BCUT2D eigenvalue weighted by Gasteiger charge is -2.39. The summed E-state index contributed by atoms with van der Waals surface area (Å²) < 4.78 is 14.0. The molecule has 192 valence electrons. The highest BCUT2D eigenvalue weighted by Gasteiger charge is 2.44. The Morgan fingerprint density at radius 1 is 1.05 bits per heavy atom. The molecule has 5 rings (SSSR count). The number of aliphatic hydroxyl groups is 4. The van der Waals surface area contributed by atoms with E-state index < -0.39 is 37.3 Å². The predicted octanol–water partition coefficient (Wildman–Crippen LogP) is 0.0708. The molecule has 0 radical (unpaired) electrons. The Morgan fingerprint density at radius 3 is 2.49 bits per heavy atom. The molecule has 3 heterocycles. The van der Waals surface area contributed by atoms with Crippen molar-refractivity contribution in [1.29, 1.82) is 5.41 Å². The molecule has 1 aliphatic heterocycles. The van der Waals surface area contributed by atoms with Gasteiger partial charge in [0.25, 0.3) is 0 Å². The van der Waals surface area contributed by atoms with Gasteiger partial charge in [-0.05, 0) is 48.9 Å². The average molecular weight is 507 g/mol. The Bertz CT molecular complexity index is 1470. The molecule has 37 heavy (non-hydrogen) atoms. The summed E-state index contributed by atoms with van der Waals surface area (Å²) in [6.45, 7) is 1.28. The van der Waals surface area contributed by atoms with Gasteiger partial charge in [-0.25, -0.2) is 14.3 Å². The number of nitrogens with zero attached hydrogens (tertiary/aromatic N) is 5. The summed E-state index contributed by atoms with van der Waals surface area (Å²) in [4.78, 5) is 4.48. The number of hydrogen-bond donors (Lipinski definition) is 5. The second-order valence-corrected chi connectivity index (χ2v) is 8.60. The first-order chi connectivity index (χ1) is 17.9. The lowest BCUT2D eigenvalue weighted by molar-refractivity contribution is -0.277. The molecule has 5 N–H and O–H groups in total. The molecule has 1 aliphatic rings. The van der Waals surface area contributed by atoms with Gasteiger partial charge in [-0.3, -0.25) is 5.41 Å². The van der Waals surface area contributed by atoms with Crippen LogP contribution in [0.4, 0.5) is 0 Å². The molecule has 0 aliphatic carbocycles. The van der Waals surface area contributed by atoms with Crippen molar-refractivity contribution in [3.05, 3.63) is 77.7 Å². The maximum atomic E-state index is 10.1. The monoisotopic (exact) mass is 506 g/mol. The molecule has 1 saturated heterocycles. The molecule has 4 aromatic rings. The van der Waals surface area contributed by atoms with Gasteiger partial charge in [0.15, 0.2) is 11.1 Å². The number of para-hydroxylation sites is 1. The van der Waals surface area contributed by atoms with Gasteiger partial charge in [0.1, 0.15) is 36.5 Å². The van der Waals surface area contributed by atoms with E-state index >= 15 is 0 Å². The fourth-order valence-corrected chi connectivity index (χ4v) is 4.09. The first-order valence-electron chi connectivity index (χ1n) is 11.6. The van der Waals surface area contributed by atoms with Crippen LogP contribution in [0.1, 0.15) is 11.3 Å². The van der Waals surface area contributed by atoms with Crippen LogP contribution in [0.25, 0.3) is 16.7 Å². The molecule has 12 nitrogen and oxygen atoms in total. The van der Waals surface area contributed by atoms with E-state index in [1.165, 1.54) is 11.0 Å². The number of aryl methyl sites for hydroxylation is 1. The minimum atomic E-state index is -1.52. The van der Waals surface area contributed by atoms with E-state index in [-0.39, 0.29) is 5.49 Å². The number of aliphatic hydroxyl groups excluding tert-OH is 4. The highest BCUT2D eigenvalue weighted by molar-refractivity contribution is 5.80. The van der Waals surface area contributed by atoms with Gasteiger partial charge in [0, 0.05) is 0 Å². The molecule has 12 heteroatoms. The first-order valence-corrected chi connectivity index (χ1v) is 11.6. The van der Waals surface area contributed by atoms with Crippen LogP contribution in [0.15, 0.2) is 66.0 Å². The zero-order valence-corrected chi connectivity index (χ0v) is 19.8. The number of aromatic nitrogens is 4. The van der Waals surface area contributed by atoms with E-state index in [0.717, 1.165) is 5.69 Å². The predicted molar refractivity (Wildman–Crippen MR) is 131 cm³/mol. The Kier molecular flexibility index (Phi) is 6.82. The fraction of sp³-hybridized carbons (Fsp3) is 0.280. The van der Waals surface area contributed by atoms with Crippen LogP contribution in [-0.4, -0.2) is 83.4 Å². The van der Waals surface area contributed by atoms with E-state index in [1.54, 1.807) is 35.2 Å². The number of nitrogens with one attached hydrogen (secondary N) is 1. The van der Waals surface area contributed by atoms with Crippen LogP contribution in [0.3, 0.4) is 0 Å². The number of fused-ring (bicyclic) bond motifs is 1. The van der Waals surface area contributed by atoms with Crippen molar-refractivity contribution in [2.45, 2.75) is 37.6 Å². The van der Waals surface area contributed by atoms with Gasteiger partial charge in [-0.1, -0.05) is 18.2 Å². The highest BCUT2D eigenvalue weighted by atomic mass is 16.7. The zero-order valence-electron chi connectivity index (χ0n) is 19.8. The number of rotatable bonds is 6. The summed E-state index contributed by atoms with van der Waals surface area (Å²) in [5.41, 5.74) is 2.92. The molecular formula is C25H26N6O6. The molecule has 2 aromatic carbocycles. The van der Waals surface area contributed by atoms with Gasteiger partial charge in [-0.2, -0.15) is 10.2 Å². The molecule has 1 fully saturated rings. The molecule has 5 atom stereocenters. The molecule has 0 amide bonds. The van der Waals surface area contributed by atoms with Crippen LogP contribution in [0.2, 0.25) is 0 Å². The molecule has 0 bridgehead atoms. The minimum absolute atomic E-state index is 0.142. The van der Waals surface area contributed by atoms with E-state index in [4.69, 9.17) is 14.9 Å². The van der Waals surface area contributed by atoms with Gasteiger partial charge in [0.05, 0.1) is 29.6 Å². The van der Waals surface area contributed by atoms with Crippen molar-refractivity contribution < 1.29 is 29.9 Å². The van der Waals surface area contributed by atoms with Crippen LogP contribution in [-0.2, 0) is 4.74 Å². The second kappa shape index (κ2) is 10.2. The van der Waals surface area contributed by atoms with Crippen molar-refractivity contribution in [2.75, 3.05) is 6.61 Å². The van der Waals surface area contributed by atoms with Gasteiger partial charge < -0.3 is 29.9 Å². The summed E-state index contributed by atoms with van der Waals surface area (Å²) in [5.74, 6) is 0.336. The van der Waals surface area contributed by atoms with Gasteiger partial charge in [0.2, 0.25) is 6.29 Å². The lowest BCUT2D eigenvalue weighted by Crippen LogP contribution is -2.60. The Morgan fingerprint density at radius 2 is 1.78 bits per heavy atom. The van der Waals surface area contributed by atoms with Crippen molar-refractivity contribution in [3.63, 3.8) is 0 Å². The SMILES string of the molecule is Cc1nn(-c2ccccc2)c2ncn(/N=C\c3ccc(OC4OC(CO)C(O)C(O)C4O)cc3)c(=N)c12.